The molecule has 0 aromatic heterocycles. The molecule has 11 N–H and O–H groups in total. The maximum atomic E-state index is 12.9. The monoisotopic (exact) mass is 780 g/mol. The average Bonchev–Trinajstić information content (AvgIpc) is 3.16. The SMILES string of the molecule is CC[C@@H]1CCC[C@H](CC)C(=O)NCCC[C@@H](CC)[C@@H](O[C@H]2O[C@H](C)[C@@H](O)[C@H](N)[C@@H]2O[C@@H]2O[C@@H](CO)[C@H](O[C@H]3O[C@@H](CO)[C@H](O)[C@@H](O)[C@@H]3O)[C@@H](O)[C@@H]2O)CC1. The quantitative estimate of drug-likeness (QED) is 0.117. The molecule has 4 aliphatic heterocycles. The van der Waals surface area contributed by atoms with E-state index in [0.717, 1.165) is 64.2 Å². The Morgan fingerprint density at radius 3 is 1.94 bits per heavy atom. The lowest BCUT2D eigenvalue weighted by Crippen LogP contribution is -2.67. The summed E-state index contributed by atoms with van der Waals surface area (Å²) in [4.78, 5) is 12.9. The topological polar surface area (TPSA) is 272 Å². The molecule has 54 heavy (non-hydrogen) atoms. The van der Waals surface area contributed by atoms with Crippen LogP contribution in [0.4, 0.5) is 0 Å². The van der Waals surface area contributed by atoms with E-state index in [0.29, 0.717) is 12.5 Å². The van der Waals surface area contributed by atoms with Gasteiger partial charge in [-0.1, -0.05) is 46.5 Å². The second kappa shape index (κ2) is 21.6. The zero-order valence-corrected chi connectivity index (χ0v) is 32.2. The number of hydrogen-bond acceptors (Lipinski definition) is 16. The van der Waals surface area contributed by atoms with E-state index in [1.807, 2.05) is 0 Å². The molecular weight excluding hydrogens is 712 g/mol. The summed E-state index contributed by atoms with van der Waals surface area (Å²) in [5.74, 6) is 0.643. The first-order chi connectivity index (χ1) is 25.8. The third-order valence-corrected chi connectivity index (χ3v) is 12.0. The summed E-state index contributed by atoms with van der Waals surface area (Å²) >= 11 is 0. The molecule has 4 rings (SSSR count). The Balaban J connectivity index is 1.51. The van der Waals surface area contributed by atoms with Crippen LogP contribution in [0.25, 0.3) is 0 Å². The Kier molecular flexibility index (Phi) is 18.2. The third-order valence-electron chi connectivity index (χ3n) is 12.0. The van der Waals surface area contributed by atoms with E-state index in [2.05, 4.69) is 26.1 Å². The molecule has 17 heteroatoms. The number of rotatable bonds is 11. The highest BCUT2D eigenvalue weighted by molar-refractivity contribution is 5.78. The van der Waals surface area contributed by atoms with Gasteiger partial charge in [0.2, 0.25) is 5.91 Å². The second-order valence-electron chi connectivity index (χ2n) is 15.5. The van der Waals surface area contributed by atoms with Gasteiger partial charge in [-0.25, -0.2) is 0 Å². The Morgan fingerprint density at radius 1 is 0.667 bits per heavy atom. The molecule has 0 aliphatic carbocycles. The van der Waals surface area contributed by atoms with Gasteiger partial charge in [0.25, 0.3) is 0 Å². The maximum absolute atomic E-state index is 12.9. The summed E-state index contributed by atoms with van der Waals surface area (Å²) in [6.07, 6.45) is -12.4. The van der Waals surface area contributed by atoms with Crippen LogP contribution in [0.1, 0.15) is 91.9 Å². The zero-order chi connectivity index (χ0) is 39.7. The van der Waals surface area contributed by atoms with Crippen LogP contribution in [0.5, 0.6) is 0 Å². The summed E-state index contributed by atoms with van der Waals surface area (Å²) in [5, 5.41) is 87.2. The van der Waals surface area contributed by atoms with E-state index in [1.165, 1.54) is 0 Å². The minimum absolute atomic E-state index is 0.0201. The molecule has 4 saturated heterocycles. The molecule has 0 aromatic carbocycles. The highest BCUT2D eigenvalue weighted by Gasteiger charge is 2.53. The van der Waals surface area contributed by atoms with Crippen LogP contribution in [-0.4, -0.2) is 165 Å². The number of carbonyl (C=O) groups excluding carboxylic acids is 1. The maximum Gasteiger partial charge on any atom is 0.223 e. The number of hydrogen-bond donors (Lipinski definition) is 10. The van der Waals surface area contributed by atoms with Crippen LogP contribution >= 0.6 is 0 Å². The third kappa shape index (κ3) is 11.1. The number of carbonyl (C=O) groups is 1. The predicted molar refractivity (Wildman–Crippen MR) is 191 cm³/mol. The number of amides is 1. The van der Waals surface area contributed by atoms with Gasteiger partial charge in [0, 0.05) is 12.5 Å². The van der Waals surface area contributed by atoms with Crippen LogP contribution in [0.15, 0.2) is 0 Å². The van der Waals surface area contributed by atoms with Crippen LogP contribution in [-0.2, 0) is 33.2 Å². The van der Waals surface area contributed by atoms with Crippen LogP contribution in [0.2, 0.25) is 0 Å². The summed E-state index contributed by atoms with van der Waals surface area (Å²) in [7, 11) is 0. The number of ether oxygens (including phenoxy) is 6. The van der Waals surface area contributed by atoms with E-state index in [-0.39, 0.29) is 23.8 Å². The van der Waals surface area contributed by atoms with Crippen molar-refractivity contribution in [2.75, 3.05) is 19.8 Å². The Morgan fingerprint density at radius 2 is 1.31 bits per heavy atom. The fraction of sp³-hybridized carbons (Fsp3) is 0.973. The van der Waals surface area contributed by atoms with Gasteiger partial charge in [-0.05, 0) is 57.3 Å². The van der Waals surface area contributed by atoms with Gasteiger partial charge in [0.1, 0.15) is 54.9 Å². The van der Waals surface area contributed by atoms with Crippen molar-refractivity contribution < 1.29 is 74.1 Å². The van der Waals surface area contributed by atoms with Crippen LogP contribution < -0.4 is 11.1 Å². The highest BCUT2D eigenvalue weighted by Crippen LogP contribution is 2.35. The van der Waals surface area contributed by atoms with Gasteiger partial charge in [-0.15, -0.1) is 0 Å². The molecule has 1 amide bonds. The molecule has 4 heterocycles. The number of aliphatic hydroxyl groups excluding tert-OH is 8. The summed E-state index contributed by atoms with van der Waals surface area (Å²) in [5.41, 5.74) is 6.55. The number of nitrogens with one attached hydrogen (secondary N) is 1. The fourth-order valence-electron chi connectivity index (χ4n) is 8.23. The molecule has 0 spiro atoms. The molecule has 17 nitrogen and oxygen atoms in total. The molecular formula is C37H68N2O15. The van der Waals surface area contributed by atoms with Gasteiger partial charge in [0.15, 0.2) is 18.9 Å². The first-order valence-electron chi connectivity index (χ1n) is 20.1. The molecule has 0 bridgehead atoms. The Labute approximate surface area is 318 Å². The smallest absolute Gasteiger partial charge is 0.223 e. The minimum atomic E-state index is -1.82. The fourth-order valence-corrected chi connectivity index (χ4v) is 8.23. The summed E-state index contributed by atoms with van der Waals surface area (Å²) in [6, 6.07) is -1.08. The van der Waals surface area contributed by atoms with Crippen molar-refractivity contribution in [2.24, 2.45) is 23.5 Å². The van der Waals surface area contributed by atoms with E-state index in [1.54, 1.807) is 6.92 Å². The lowest BCUT2D eigenvalue weighted by molar-refractivity contribution is -0.379. The van der Waals surface area contributed by atoms with E-state index in [4.69, 9.17) is 34.2 Å². The van der Waals surface area contributed by atoms with Crippen molar-refractivity contribution in [3.8, 4) is 0 Å². The molecule has 0 unspecified atom stereocenters. The largest absolute Gasteiger partial charge is 0.394 e. The summed E-state index contributed by atoms with van der Waals surface area (Å²) < 4.78 is 36.1. The van der Waals surface area contributed by atoms with Crippen molar-refractivity contribution >= 4 is 5.91 Å². The molecule has 0 saturated carbocycles. The summed E-state index contributed by atoms with van der Waals surface area (Å²) in [6.45, 7) is 7.07. The lowest BCUT2D eigenvalue weighted by Gasteiger charge is -2.48. The van der Waals surface area contributed by atoms with Gasteiger partial charge in [-0.3, -0.25) is 4.79 Å². The van der Waals surface area contributed by atoms with Gasteiger partial charge < -0.3 is 80.3 Å². The van der Waals surface area contributed by atoms with Gasteiger partial charge in [0.05, 0.1) is 37.6 Å². The molecule has 0 aromatic rings. The van der Waals surface area contributed by atoms with E-state index < -0.39 is 105 Å². The van der Waals surface area contributed by atoms with Crippen molar-refractivity contribution in [2.45, 2.75) is 190 Å². The predicted octanol–water partition coefficient (Wildman–Crippen LogP) is -1.25. The zero-order valence-electron chi connectivity index (χ0n) is 32.2. The number of nitrogens with two attached hydrogens (primary N) is 1. The van der Waals surface area contributed by atoms with E-state index >= 15 is 0 Å². The number of aliphatic hydroxyl groups is 8. The van der Waals surface area contributed by atoms with Crippen molar-refractivity contribution in [1.82, 2.24) is 5.32 Å². The second-order valence-corrected chi connectivity index (χ2v) is 15.5. The standard InChI is InChI=1S/C37H68N2O15/c1-5-19-10-8-11-21(7-3)34(48)39-15-9-12-20(6-2)22(14-13-19)50-37-33(25(38)26(42)18(4)49-37)54-36-31(47)29(45)32(24(17-41)52-36)53-35-30(46)28(44)27(43)23(16-40)51-35/h18-33,35-37,40-47H,5-17,38H2,1-4H3,(H,39,48)/t18-,19-,20-,21+,22+,23+,24+,25+,26-,27+,28-,29+,30+,31+,32+,33+,35-,36+,37-/m1/s1. The molecule has 19 atom stereocenters. The Bertz CT molecular complexity index is 1110. The highest BCUT2D eigenvalue weighted by atomic mass is 16.8. The first-order valence-corrected chi connectivity index (χ1v) is 20.1. The molecule has 0 radical (unpaired) electrons. The van der Waals surface area contributed by atoms with Crippen molar-refractivity contribution in [1.29, 1.82) is 0 Å². The van der Waals surface area contributed by atoms with Gasteiger partial charge in [-0.2, -0.15) is 0 Å². The van der Waals surface area contributed by atoms with Gasteiger partial charge >= 0.3 is 0 Å². The lowest BCUT2D eigenvalue weighted by atomic mass is 9.85. The van der Waals surface area contributed by atoms with Crippen molar-refractivity contribution in [3.05, 3.63) is 0 Å². The molecule has 4 aliphatic rings. The van der Waals surface area contributed by atoms with Crippen LogP contribution in [0, 0.1) is 17.8 Å². The van der Waals surface area contributed by atoms with Crippen LogP contribution in [0.3, 0.4) is 0 Å². The molecule has 4 fully saturated rings. The minimum Gasteiger partial charge on any atom is -0.394 e. The van der Waals surface area contributed by atoms with E-state index in [9.17, 15) is 45.6 Å². The molecule has 316 valence electrons. The first kappa shape index (κ1) is 45.6. The Hall–Kier alpha value is -1.13. The average molecular weight is 781 g/mol. The normalized spacial score (nSPS) is 46.4. The van der Waals surface area contributed by atoms with Crippen molar-refractivity contribution in [3.63, 3.8) is 0 Å².